The van der Waals surface area contributed by atoms with Crippen LogP contribution in [0.4, 0.5) is 5.69 Å². The van der Waals surface area contributed by atoms with Crippen molar-refractivity contribution in [3.8, 4) is 0 Å². The number of hydrogen-bond acceptors (Lipinski definition) is 4. The van der Waals surface area contributed by atoms with Crippen LogP contribution in [0.5, 0.6) is 0 Å². The summed E-state index contributed by atoms with van der Waals surface area (Å²) in [5.41, 5.74) is 0.820. The lowest BCUT2D eigenvalue weighted by molar-refractivity contribution is 0.459. The molecule has 16 heavy (non-hydrogen) atoms. The number of anilines is 1. The maximum atomic E-state index is 11.8. The van der Waals surface area contributed by atoms with Gasteiger partial charge < -0.3 is 10.2 Å². The minimum Gasteiger partial charge on any atom is -0.376 e. The molecular weight excluding hydrogens is 204 g/mol. The first-order chi connectivity index (χ1) is 7.66. The molecule has 0 aliphatic carbocycles. The van der Waals surface area contributed by atoms with E-state index >= 15 is 0 Å². The van der Waals surface area contributed by atoms with Crippen LogP contribution in [0.25, 0.3) is 0 Å². The molecule has 1 aromatic rings. The topological polar surface area (TPSA) is 50.2 Å². The van der Waals surface area contributed by atoms with E-state index in [-0.39, 0.29) is 5.56 Å². The Balaban J connectivity index is 2.13. The SMILES string of the molecule is CN(C)c1cnn(C[C@@H]2CCCN2)c(=O)c1. The first kappa shape index (κ1) is 11.1. The Bertz CT molecular complexity index is 407. The zero-order chi connectivity index (χ0) is 11.5. The van der Waals surface area contributed by atoms with Crippen LogP contribution in [0.15, 0.2) is 17.1 Å². The summed E-state index contributed by atoms with van der Waals surface area (Å²) in [6.45, 7) is 1.72. The van der Waals surface area contributed by atoms with Crippen molar-refractivity contribution in [3.05, 3.63) is 22.6 Å². The third-order valence-corrected chi connectivity index (χ3v) is 2.93. The van der Waals surface area contributed by atoms with Crippen molar-refractivity contribution in [1.82, 2.24) is 15.1 Å². The molecule has 2 rings (SSSR count). The van der Waals surface area contributed by atoms with Crippen LogP contribution in [0.1, 0.15) is 12.8 Å². The van der Waals surface area contributed by atoms with Gasteiger partial charge >= 0.3 is 0 Å². The highest BCUT2D eigenvalue weighted by Crippen LogP contribution is 2.07. The molecule has 0 radical (unpaired) electrons. The van der Waals surface area contributed by atoms with E-state index in [4.69, 9.17) is 0 Å². The quantitative estimate of drug-likeness (QED) is 0.786. The average Bonchev–Trinajstić information content (AvgIpc) is 2.73. The van der Waals surface area contributed by atoms with Crippen molar-refractivity contribution in [3.63, 3.8) is 0 Å². The van der Waals surface area contributed by atoms with Crippen molar-refractivity contribution in [2.45, 2.75) is 25.4 Å². The molecule has 1 N–H and O–H groups in total. The van der Waals surface area contributed by atoms with Gasteiger partial charge in [-0.15, -0.1) is 0 Å². The highest BCUT2D eigenvalue weighted by Gasteiger charge is 2.15. The summed E-state index contributed by atoms with van der Waals surface area (Å²) in [5.74, 6) is 0. The van der Waals surface area contributed by atoms with E-state index in [2.05, 4.69) is 10.4 Å². The van der Waals surface area contributed by atoms with E-state index in [9.17, 15) is 4.79 Å². The predicted molar refractivity (Wildman–Crippen MR) is 63.8 cm³/mol. The third-order valence-electron chi connectivity index (χ3n) is 2.93. The van der Waals surface area contributed by atoms with Gasteiger partial charge in [0.25, 0.3) is 5.56 Å². The lowest BCUT2D eigenvalue weighted by Gasteiger charge is -2.14. The first-order valence-electron chi connectivity index (χ1n) is 5.64. The van der Waals surface area contributed by atoms with E-state index in [1.165, 1.54) is 11.1 Å². The molecule has 1 aliphatic heterocycles. The van der Waals surface area contributed by atoms with E-state index in [0.717, 1.165) is 18.7 Å². The van der Waals surface area contributed by atoms with E-state index < -0.39 is 0 Å². The Kier molecular flexibility index (Phi) is 3.24. The normalized spacial score (nSPS) is 20.0. The van der Waals surface area contributed by atoms with Crippen LogP contribution >= 0.6 is 0 Å². The van der Waals surface area contributed by atoms with Crippen molar-refractivity contribution >= 4 is 5.69 Å². The molecule has 2 heterocycles. The van der Waals surface area contributed by atoms with E-state index in [0.29, 0.717) is 12.6 Å². The van der Waals surface area contributed by atoms with Gasteiger partial charge in [-0.2, -0.15) is 5.10 Å². The number of nitrogens with zero attached hydrogens (tertiary/aromatic N) is 3. The maximum absolute atomic E-state index is 11.8. The molecule has 5 heteroatoms. The molecule has 1 fully saturated rings. The highest BCUT2D eigenvalue weighted by atomic mass is 16.1. The van der Waals surface area contributed by atoms with Gasteiger partial charge in [-0.1, -0.05) is 0 Å². The van der Waals surface area contributed by atoms with Gasteiger partial charge in [0.15, 0.2) is 0 Å². The highest BCUT2D eigenvalue weighted by molar-refractivity contribution is 5.40. The molecule has 1 saturated heterocycles. The standard InChI is InChI=1S/C11H18N4O/c1-14(2)10-6-11(16)15(13-7-10)8-9-4-3-5-12-9/h6-7,9,12H,3-5,8H2,1-2H3/t9-/m0/s1. The predicted octanol–water partition coefficient (Wildman–Crippen LogP) is 0.0613. The second kappa shape index (κ2) is 4.65. The molecule has 1 atom stereocenters. The Morgan fingerprint density at radius 1 is 1.62 bits per heavy atom. The monoisotopic (exact) mass is 222 g/mol. The summed E-state index contributed by atoms with van der Waals surface area (Å²) in [6.07, 6.45) is 4.05. The summed E-state index contributed by atoms with van der Waals surface area (Å²) in [7, 11) is 3.80. The largest absolute Gasteiger partial charge is 0.376 e. The first-order valence-corrected chi connectivity index (χ1v) is 5.64. The van der Waals surface area contributed by atoms with Gasteiger partial charge in [0.05, 0.1) is 18.4 Å². The van der Waals surface area contributed by atoms with Gasteiger partial charge in [-0.25, -0.2) is 4.68 Å². The number of hydrogen-bond donors (Lipinski definition) is 1. The summed E-state index contributed by atoms with van der Waals surface area (Å²) >= 11 is 0. The van der Waals surface area contributed by atoms with Crippen molar-refractivity contribution in [1.29, 1.82) is 0 Å². The molecule has 0 saturated carbocycles. The Morgan fingerprint density at radius 3 is 3.00 bits per heavy atom. The number of aromatic nitrogens is 2. The van der Waals surface area contributed by atoms with Gasteiger partial charge in [0.1, 0.15) is 0 Å². The number of nitrogens with one attached hydrogen (secondary N) is 1. The van der Waals surface area contributed by atoms with Gasteiger partial charge in [0.2, 0.25) is 0 Å². The summed E-state index contributed by atoms with van der Waals surface area (Å²) < 4.78 is 1.54. The van der Waals surface area contributed by atoms with Crippen LogP contribution in [-0.4, -0.2) is 36.5 Å². The molecule has 0 unspecified atom stereocenters. The van der Waals surface area contributed by atoms with Crippen molar-refractivity contribution in [2.24, 2.45) is 0 Å². The number of rotatable bonds is 3. The fourth-order valence-electron chi connectivity index (χ4n) is 1.93. The van der Waals surface area contributed by atoms with E-state index in [1.807, 2.05) is 19.0 Å². The van der Waals surface area contributed by atoms with E-state index in [1.54, 1.807) is 12.3 Å². The van der Waals surface area contributed by atoms with Crippen LogP contribution in [0.3, 0.4) is 0 Å². The molecule has 5 nitrogen and oxygen atoms in total. The molecule has 0 bridgehead atoms. The zero-order valence-corrected chi connectivity index (χ0v) is 9.81. The van der Waals surface area contributed by atoms with Gasteiger partial charge in [-0.3, -0.25) is 4.79 Å². The van der Waals surface area contributed by atoms with Gasteiger partial charge in [0, 0.05) is 26.2 Å². The molecule has 0 amide bonds. The average molecular weight is 222 g/mol. The summed E-state index contributed by atoms with van der Waals surface area (Å²) in [5, 5.41) is 7.54. The second-order valence-electron chi connectivity index (χ2n) is 4.42. The zero-order valence-electron chi connectivity index (χ0n) is 9.81. The summed E-state index contributed by atoms with van der Waals surface area (Å²) in [6, 6.07) is 2.03. The van der Waals surface area contributed by atoms with Gasteiger partial charge in [-0.05, 0) is 19.4 Å². The van der Waals surface area contributed by atoms with Crippen LogP contribution in [0, 0.1) is 0 Å². The molecule has 0 spiro atoms. The smallest absolute Gasteiger partial charge is 0.268 e. The summed E-state index contributed by atoms with van der Waals surface area (Å²) in [4.78, 5) is 13.7. The van der Waals surface area contributed by atoms with Crippen molar-refractivity contribution in [2.75, 3.05) is 25.5 Å². The molecule has 1 aromatic heterocycles. The Labute approximate surface area is 95.1 Å². The Morgan fingerprint density at radius 2 is 2.44 bits per heavy atom. The van der Waals surface area contributed by atoms with Crippen LogP contribution in [-0.2, 0) is 6.54 Å². The lowest BCUT2D eigenvalue weighted by Crippen LogP contribution is -2.33. The van der Waals surface area contributed by atoms with Crippen LogP contribution < -0.4 is 15.8 Å². The fourth-order valence-corrected chi connectivity index (χ4v) is 1.93. The third kappa shape index (κ3) is 2.41. The second-order valence-corrected chi connectivity index (χ2v) is 4.42. The molecule has 1 aliphatic rings. The van der Waals surface area contributed by atoms with Crippen LogP contribution in [0.2, 0.25) is 0 Å². The van der Waals surface area contributed by atoms with Crippen molar-refractivity contribution < 1.29 is 0 Å². The minimum atomic E-state index is -0.0279. The maximum Gasteiger partial charge on any atom is 0.268 e. The minimum absolute atomic E-state index is 0.0279. The molecular formula is C11H18N4O. The fraction of sp³-hybridized carbons (Fsp3) is 0.636. The lowest BCUT2D eigenvalue weighted by atomic mass is 10.2. The molecule has 88 valence electrons. The molecule has 0 aromatic carbocycles. The Hall–Kier alpha value is -1.36.